The van der Waals surface area contributed by atoms with Crippen molar-refractivity contribution in [3.8, 4) is 0 Å². The minimum absolute atomic E-state index is 0.240. The molecular formula is C15H23NO. The summed E-state index contributed by atoms with van der Waals surface area (Å²) in [5.74, 6) is 0.874. The van der Waals surface area contributed by atoms with E-state index in [1.54, 1.807) is 6.92 Å². The molecule has 0 saturated heterocycles. The number of carbonyl (C=O) groups excluding carboxylic acids is 1. The molecule has 0 bridgehead atoms. The van der Waals surface area contributed by atoms with Crippen LogP contribution < -0.4 is 5.32 Å². The second-order valence-electron chi connectivity index (χ2n) is 4.68. The van der Waals surface area contributed by atoms with Crippen molar-refractivity contribution in [1.82, 2.24) is 5.32 Å². The topological polar surface area (TPSA) is 29.1 Å². The molecular weight excluding hydrogens is 210 g/mol. The van der Waals surface area contributed by atoms with Gasteiger partial charge in [0.25, 0.3) is 0 Å². The molecule has 2 nitrogen and oxygen atoms in total. The van der Waals surface area contributed by atoms with Crippen LogP contribution >= 0.6 is 0 Å². The Bertz CT molecular complexity index is 342. The molecule has 1 N–H and O–H groups in total. The number of Topliss-reactive ketones (excluding diaryl/α,β-unsaturated/α-hetero) is 1. The number of nitrogens with one attached hydrogen (secondary N) is 1. The van der Waals surface area contributed by atoms with Crippen LogP contribution in [0, 0.1) is 0 Å². The summed E-state index contributed by atoms with van der Waals surface area (Å²) in [6.07, 6.45) is 1.79. The molecule has 0 spiro atoms. The molecule has 0 aliphatic heterocycles. The number of ketones is 1. The number of hydrogen-bond donors (Lipinski definition) is 1. The van der Waals surface area contributed by atoms with Gasteiger partial charge in [-0.3, -0.25) is 4.79 Å². The first kappa shape index (κ1) is 13.9. The Morgan fingerprint density at radius 1 is 1.29 bits per heavy atom. The van der Waals surface area contributed by atoms with Gasteiger partial charge in [-0.2, -0.15) is 0 Å². The van der Waals surface area contributed by atoms with Gasteiger partial charge >= 0.3 is 0 Å². The standard InChI is InChI=1S/C15H23NO/c1-4-12(2)15-7-5-14(6-8-15)11-16-10-9-13(3)17/h5-8,12,16H,4,9-11H2,1-3H3. The molecule has 0 amide bonds. The molecule has 94 valence electrons. The van der Waals surface area contributed by atoms with Gasteiger partial charge in [0.15, 0.2) is 0 Å². The predicted molar refractivity (Wildman–Crippen MR) is 72.2 cm³/mol. The van der Waals surface area contributed by atoms with Gasteiger partial charge in [0, 0.05) is 19.5 Å². The summed E-state index contributed by atoms with van der Waals surface area (Å²) in [7, 11) is 0. The van der Waals surface area contributed by atoms with Crippen LogP contribution in [-0.4, -0.2) is 12.3 Å². The molecule has 0 fully saturated rings. The highest BCUT2D eigenvalue weighted by molar-refractivity contribution is 5.75. The van der Waals surface area contributed by atoms with Crippen molar-refractivity contribution >= 4 is 5.78 Å². The van der Waals surface area contributed by atoms with Gasteiger partial charge in [-0.05, 0) is 30.4 Å². The van der Waals surface area contributed by atoms with E-state index in [1.807, 2.05) is 0 Å². The van der Waals surface area contributed by atoms with Crippen LogP contribution in [0.5, 0.6) is 0 Å². The van der Waals surface area contributed by atoms with Crippen LogP contribution in [0.25, 0.3) is 0 Å². The molecule has 0 aromatic heterocycles. The lowest BCUT2D eigenvalue weighted by Gasteiger charge is -2.10. The van der Waals surface area contributed by atoms with Gasteiger partial charge in [0.2, 0.25) is 0 Å². The third kappa shape index (κ3) is 5.14. The Morgan fingerprint density at radius 2 is 1.94 bits per heavy atom. The zero-order valence-corrected chi connectivity index (χ0v) is 11.1. The van der Waals surface area contributed by atoms with E-state index < -0.39 is 0 Å². The largest absolute Gasteiger partial charge is 0.312 e. The molecule has 1 atom stereocenters. The maximum absolute atomic E-state index is 10.8. The number of benzene rings is 1. The summed E-state index contributed by atoms with van der Waals surface area (Å²) in [5, 5.41) is 3.27. The minimum atomic E-state index is 0.240. The smallest absolute Gasteiger partial charge is 0.131 e. The molecule has 2 heteroatoms. The number of hydrogen-bond acceptors (Lipinski definition) is 2. The number of carbonyl (C=O) groups is 1. The lowest BCUT2D eigenvalue weighted by atomic mass is 9.98. The summed E-state index contributed by atoms with van der Waals surface area (Å²) in [6, 6.07) is 8.75. The first-order valence-corrected chi connectivity index (χ1v) is 6.42. The van der Waals surface area contributed by atoms with Gasteiger partial charge in [-0.15, -0.1) is 0 Å². The van der Waals surface area contributed by atoms with E-state index in [0.29, 0.717) is 12.3 Å². The van der Waals surface area contributed by atoms with Gasteiger partial charge in [0.1, 0.15) is 5.78 Å². The van der Waals surface area contributed by atoms with E-state index in [1.165, 1.54) is 17.5 Å². The third-order valence-corrected chi connectivity index (χ3v) is 3.14. The van der Waals surface area contributed by atoms with Crippen LogP contribution in [0.2, 0.25) is 0 Å². The van der Waals surface area contributed by atoms with Crippen molar-refractivity contribution < 1.29 is 4.79 Å². The van der Waals surface area contributed by atoms with E-state index in [0.717, 1.165) is 13.1 Å². The van der Waals surface area contributed by atoms with Gasteiger partial charge in [-0.25, -0.2) is 0 Å². The second-order valence-corrected chi connectivity index (χ2v) is 4.68. The zero-order chi connectivity index (χ0) is 12.7. The Balaban J connectivity index is 2.38. The number of rotatable bonds is 7. The average molecular weight is 233 g/mol. The highest BCUT2D eigenvalue weighted by atomic mass is 16.1. The highest BCUT2D eigenvalue weighted by Crippen LogP contribution is 2.18. The lowest BCUT2D eigenvalue weighted by Crippen LogP contribution is -2.16. The lowest BCUT2D eigenvalue weighted by molar-refractivity contribution is -0.116. The van der Waals surface area contributed by atoms with E-state index in [4.69, 9.17) is 0 Å². The van der Waals surface area contributed by atoms with Crippen LogP contribution in [-0.2, 0) is 11.3 Å². The van der Waals surface area contributed by atoms with Crippen molar-refractivity contribution in [2.24, 2.45) is 0 Å². The predicted octanol–water partition coefficient (Wildman–Crippen LogP) is 3.27. The second kappa shape index (κ2) is 7.23. The molecule has 1 unspecified atom stereocenters. The van der Waals surface area contributed by atoms with E-state index in [-0.39, 0.29) is 5.78 Å². The Kier molecular flexibility index (Phi) is 5.92. The SMILES string of the molecule is CCC(C)c1ccc(CNCCC(C)=O)cc1. The quantitative estimate of drug-likeness (QED) is 0.732. The average Bonchev–Trinajstić information content (AvgIpc) is 2.34. The fourth-order valence-corrected chi connectivity index (χ4v) is 1.70. The van der Waals surface area contributed by atoms with Crippen LogP contribution in [0.15, 0.2) is 24.3 Å². The van der Waals surface area contributed by atoms with Gasteiger partial charge in [0.05, 0.1) is 0 Å². The molecule has 1 rings (SSSR count). The van der Waals surface area contributed by atoms with Crippen molar-refractivity contribution in [2.45, 2.75) is 46.1 Å². The maximum Gasteiger partial charge on any atom is 0.131 e. The summed E-state index contributed by atoms with van der Waals surface area (Å²) >= 11 is 0. The van der Waals surface area contributed by atoms with Gasteiger partial charge < -0.3 is 5.32 Å². The van der Waals surface area contributed by atoms with Crippen molar-refractivity contribution in [2.75, 3.05) is 6.54 Å². The highest BCUT2D eigenvalue weighted by Gasteiger charge is 2.02. The molecule has 0 aliphatic carbocycles. The first-order chi connectivity index (χ1) is 8.13. The fraction of sp³-hybridized carbons (Fsp3) is 0.533. The monoisotopic (exact) mass is 233 g/mol. The van der Waals surface area contributed by atoms with Gasteiger partial charge in [-0.1, -0.05) is 38.1 Å². The Morgan fingerprint density at radius 3 is 2.47 bits per heavy atom. The Labute approximate surface area is 104 Å². The molecule has 0 saturated carbocycles. The van der Waals surface area contributed by atoms with Crippen LogP contribution in [0.3, 0.4) is 0 Å². The summed E-state index contributed by atoms with van der Waals surface area (Å²) in [6.45, 7) is 7.70. The van der Waals surface area contributed by atoms with Crippen molar-refractivity contribution in [3.63, 3.8) is 0 Å². The summed E-state index contributed by atoms with van der Waals surface area (Å²) in [4.78, 5) is 10.8. The normalized spacial score (nSPS) is 12.4. The van der Waals surface area contributed by atoms with E-state index in [2.05, 4.69) is 43.4 Å². The van der Waals surface area contributed by atoms with Crippen molar-refractivity contribution in [3.05, 3.63) is 35.4 Å². The van der Waals surface area contributed by atoms with E-state index in [9.17, 15) is 4.79 Å². The molecule has 17 heavy (non-hydrogen) atoms. The fourth-order valence-electron chi connectivity index (χ4n) is 1.70. The van der Waals surface area contributed by atoms with Crippen LogP contribution in [0.4, 0.5) is 0 Å². The third-order valence-electron chi connectivity index (χ3n) is 3.14. The molecule has 0 heterocycles. The molecule has 0 aliphatic rings. The molecule has 1 aromatic rings. The molecule has 1 aromatic carbocycles. The maximum atomic E-state index is 10.8. The minimum Gasteiger partial charge on any atom is -0.312 e. The Hall–Kier alpha value is -1.15. The van der Waals surface area contributed by atoms with E-state index >= 15 is 0 Å². The summed E-state index contributed by atoms with van der Waals surface area (Å²) < 4.78 is 0. The van der Waals surface area contributed by atoms with Crippen LogP contribution in [0.1, 0.15) is 50.7 Å². The zero-order valence-electron chi connectivity index (χ0n) is 11.1. The first-order valence-electron chi connectivity index (χ1n) is 6.42. The summed E-state index contributed by atoms with van der Waals surface area (Å²) in [5.41, 5.74) is 2.68. The molecule has 0 radical (unpaired) electrons. The van der Waals surface area contributed by atoms with Crippen molar-refractivity contribution in [1.29, 1.82) is 0 Å².